The smallest absolute Gasteiger partial charge is 0.356 e. The molecule has 1 unspecified atom stereocenters. The van der Waals surface area contributed by atoms with E-state index in [1.807, 2.05) is 0 Å². The van der Waals surface area contributed by atoms with Gasteiger partial charge < -0.3 is 21.3 Å². The van der Waals surface area contributed by atoms with Crippen molar-refractivity contribution in [2.24, 2.45) is 11.6 Å². The first-order valence-corrected chi connectivity index (χ1v) is 4.84. The Balaban J connectivity index is 0.000000494. The number of anilines is 1. The standard InChI is InChI=1S/C9H11NO3.CH5N3O/c1-9(13,8(11)12)10-7-5-3-2-4-6-7;2-1(5)4-3/h2-6,10,13H,1H3,(H,11,12);3H2,(H3,2,4,5). The number of carbonyl (C=O) groups is 2. The lowest BCUT2D eigenvalue weighted by Crippen LogP contribution is -2.42. The molecule has 1 aromatic carbocycles. The summed E-state index contributed by atoms with van der Waals surface area (Å²) < 4.78 is 0. The molecule has 8 nitrogen and oxygen atoms in total. The molecule has 0 saturated carbocycles. The second-order valence-corrected chi connectivity index (χ2v) is 3.38. The number of nitrogens with one attached hydrogen (secondary N) is 2. The molecule has 0 aliphatic rings. The third-order valence-corrected chi connectivity index (χ3v) is 1.72. The highest BCUT2D eigenvalue weighted by Gasteiger charge is 2.29. The summed E-state index contributed by atoms with van der Waals surface area (Å²) in [5.74, 6) is 3.14. The quantitative estimate of drug-likeness (QED) is 0.184. The van der Waals surface area contributed by atoms with Gasteiger partial charge in [-0.25, -0.2) is 15.4 Å². The molecule has 8 heteroatoms. The molecule has 1 rings (SSSR count). The molecule has 0 aromatic heterocycles. The zero-order valence-corrected chi connectivity index (χ0v) is 9.75. The van der Waals surface area contributed by atoms with Crippen LogP contribution in [0.25, 0.3) is 0 Å². The number of carbonyl (C=O) groups excluding carboxylic acids is 1. The maximum Gasteiger partial charge on any atom is 0.356 e. The van der Waals surface area contributed by atoms with Crippen molar-refractivity contribution >= 4 is 17.7 Å². The van der Waals surface area contributed by atoms with E-state index in [1.165, 1.54) is 6.92 Å². The van der Waals surface area contributed by atoms with Gasteiger partial charge in [0.05, 0.1) is 0 Å². The van der Waals surface area contributed by atoms with Crippen LogP contribution in [0.4, 0.5) is 10.5 Å². The highest BCUT2D eigenvalue weighted by atomic mass is 16.4. The highest BCUT2D eigenvalue weighted by Crippen LogP contribution is 2.12. The van der Waals surface area contributed by atoms with Crippen LogP contribution < -0.4 is 22.3 Å². The van der Waals surface area contributed by atoms with E-state index in [9.17, 15) is 14.7 Å². The molecule has 1 aromatic rings. The van der Waals surface area contributed by atoms with E-state index >= 15 is 0 Å². The van der Waals surface area contributed by atoms with E-state index in [4.69, 9.17) is 5.11 Å². The van der Waals surface area contributed by atoms with Crippen molar-refractivity contribution in [1.82, 2.24) is 5.43 Å². The third kappa shape index (κ3) is 6.30. The Morgan fingerprint density at radius 2 is 1.72 bits per heavy atom. The Morgan fingerprint density at radius 3 is 2.06 bits per heavy atom. The molecule has 8 N–H and O–H groups in total. The number of hydrazine groups is 1. The summed E-state index contributed by atoms with van der Waals surface area (Å²) in [6, 6.07) is 7.95. The fraction of sp³-hybridized carbons (Fsp3) is 0.200. The van der Waals surface area contributed by atoms with Crippen LogP contribution in [0.3, 0.4) is 0 Å². The number of amides is 2. The molecular weight excluding hydrogens is 240 g/mol. The zero-order chi connectivity index (χ0) is 14.2. The minimum absolute atomic E-state index is 0.565. The van der Waals surface area contributed by atoms with Gasteiger partial charge in [0.2, 0.25) is 5.72 Å². The zero-order valence-electron chi connectivity index (χ0n) is 9.75. The van der Waals surface area contributed by atoms with Gasteiger partial charge >= 0.3 is 12.0 Å². The second kappa shape index (κ2) is 7.09. The van der Waals surface area contributed by atoms with Gasteiger partial charge in [0.25, 0.3) is 0 Å². The fourth-order valence-electron chi connectivity index (χ4n) is 0.856. The highest BCUT2D eigenvalue weighted by molar-refractivity contribution is 5.79. The van der Waals surface area contributed by atoms with Gasteiger partial charge in [0.1, 0.15) is 0 Å². The van der Waals surface area contributed by atoms with Crippen LogP contribution >= 0.6 is 0 Å². The summed E-state index contributed by atoms with van der Waals surface area (Å²) in [6.45, 7) is 1.18. The number of urea groups is 1. The molecule has 2 amide bonds. The Kier molecular flexibility index (Phi) is 6.18. The van der Waals surface area contributed by atoms with E-state index < -0.39 is 17.7 Å². The topological polar surface area (TPSA) is 151 Å². The first-order valence-electron chi connectivity index (χ1n) is 4.84. The Labute approximate surface area is 104 Å². The number of benzene rings is 1. The van der Waals surface area contributed by atoms with Gasteiger partial charge in [-0.2, -0.15) is 0 Å². The predicted octanol–water partition coefficient (Wildman–Crippen LogP) is -0.580. The molecule has 0 radical (unpaired) electrons. The maximum atomic E-state index is 10.5. The normalized spacial score (nSPS) is 12.4. The molecule has 0 bridgehead atoms. The number of nitrogens with two attached hydrogens (primary N) is 2. The minimum atomic E-state index is -1.93. The van der Waals surface area contributed by atoms with Gasteiger partial charge in [-0.3, -0.25) is 5.43 Å². The van der Waals surface area contributed by atoms with Gasteiger partial charge in [0.15, 0.2) is 0 Å². The second-order valence-electron chi connectivity index (χ2n) is 3.38. The predicted molar refractivity (Wildman–Crippen MR) is 65.2 cm³/mol. The van der Waals surface area contributed by atoms with Crippen LogP contribution in [0.15, 0.2) is 30.3 Å². The summed E-state index contributed by atoms with van der Waals surface area (Å²) in [4.78, 5) is 19.9. The summed E-state index contributed by atoms with van der Waals surface area (Å²) >= 11 is 0. The summed E-state index contributed by atoms with van der Waals surface area (Å²) in [7, 11) is 0. The number of hydrogen-bond donors (Lipinski definition) is 6. The Hall–Kier alpha value is -2.32. The first kappa shape index (κ1) is 15.7. The van der Waals surface area contributed by atoms with E-state index in [0.717, 1.165) is 0 Å². The van der Waals surface area contributed by atoms with Gasteiger partial charge in [0, 0.05) is 5.69 Å². The number of aliphatic carboxylic acids is 1. The number of aliphatic hydroxyl groups is 1. The molecule has 100 valence electrons. The Bertz CT molecular complexity index is 394. The number of primary amides is 1. The molecule has 0 fully saturated rings. The molecule has 0 heterocycles. The van der Waals surface area contributed by atoms with Crippen molar-refractivity contribution in [2.75, 3.05) is 5.32 Å². The largest absolute Gasteiger partial charge is 0.478 e. The van der Waals surface area contributed by atoms with E-state index in [0.29, 0.717) is 5.69 Å². The molecule has 0 aliphatic heterocycles. The van der Waals surface area contributed by atoms with Crippen LogP contribution in [-0.4, -0.2) is 27.9 Å². The molecular formula is C10H16N4O4. The van der Waals surface area contributed by atoms with Gasteiger partial charge in [-0.15, -0.1) is 0 Å². The van der Waals surface area contributed by atoms with Crippen LogP contribution in [0.2, 0.25) is 0 Å². The number of carboxylic acids is 1. The minimum Gasteiger partial charge on any atom is -0.478 e. The lowest BCUT2D eigenvalue weighted by atomic mass is 10.2. The summed E-state index contributed by atoms with van der Waals surface area (Å²) in [6.07, 6.45) is 0. The van der Waals surface area contributed by atoms with Crippen molar-refractivity contribution in [3.05, 3.63) is 30.3 Å². The molecule has 0 aliphatic carbocycles. The first-order chi connectivity index (χ1) is 8.29. The lowest BCUT2D eigenvalue weighted by Gasteiger charge is -2.20. The summed E-state index contributed by atoms with van der Waals surface area (Å²) in [5, 5.41) is 20.4. The summed E-state index contributed by atoms with van der Waals surface area (Å²) in [5.41, 5.74) is 4.72. The third-order valence-electron chi connectivity index (χ3n) is 1.72. The van der Waals surface area contributed by atoms with Crippen molar-refractivity contribution in [3.8, 4) is 0 Å². The molecule has 0 saturated heterocycles. The molecule has 1 atom stereocenters. The van der Waals surface area contributed by atoms with Crippen molar-refractivity contribution in [1.29, 1.82) is 0 Å². The fourth-order valence-corrected chi connectivity index (χ4v) is 0.856. The Morgan fingerprint density at radius 1 is 1.28 bits per heavy atom. The lowest BCUT2D eigenvalue weighted by molar-refractivity contribution is -0.153. The average molecular weight is 256 g/mol. The number of carboxylic acid groups (broad SMARTS) is 1. The van der Waals surface area contributed by atoms with E-state index in [-0.39, 0.29) is 0 Å². The van der Waals surface area contributed by atoms with Crippen LogP contribution in [0.1, 0.15) is 6.92 Å². The van der Waals surface area contributed by atoms with E-state index in [1.54, 1.807) is 35.8 Å². The van der Waals surface area contributed by atoms with Crippen molar-refractivity contribution in [3.63, 3.8) is 0 Å². The number of rotatable bonds is 3. The van der Waals surface area contributed by atoms with Crippen LogP contribution in [-0.2, 0) is 4.79 Å². The van der Waals surface area contributed by atoms with Gasteiger partial charge in [-0.05, 0) is 19.1 Å². The maximum absolute atomic E-state index is 10.5. The SMILES string of the molecule is CC(O)(Nc1ccccc1)C(=O)O.NNC(N)=O. The molecule has 0 spiro atoms. The monoisotopic (exact) mass is 256 g/mol. The average Bonchev–Trinajstić information content (AvgIpc) is 2.30. The van der Waals surface area contributed by atoms with E-state index in [2.05, 4.69) is 16.9 Å². The van der Waals surface area contributed by atoms with Crippen LogP contribution in [0, 0.1) is 0 Å². The molecule has 18 heavy (non-hydrogen) atoms. The van der Waals surface area contributed by atoms with Crippen molar-refractivity contribution < 1.29 is 19.8 Å². The van der Waals surface area contributed by atoms with Crippen molar-refractivity contribution in [2.45, 2.75) is 12.6 Å². The van der Waals surface area contributed by atoms with Crippen LogP contribution in [0.5, 0.6) is 0 Å². The van der Waals surface area contributed by atoms with Gasteiger partial charge in [-0.1, -0.05) is 18.2 Å². The number of para-hydroxylation sites is 1. The number of hydrogen-bond acceptors (Lipinski definition) is 5.